The molecule has 0 unspecified atom stereocenters. The van der Waals surface area contributed by atoms with Crippen LogP contribution in [0.15, 0.2) is 24.3 Å². The van der Waals surface area contributed by atoms with E-state index < -0.39 is 20.4 Å². The van der Waals surface area contributed by atoms with Crippen LogP contribution in [0.4, 0.5) is 11.4 Å². The maximum Gasteiger partial charge on any atom is 0.326 e. The van der Waals surface area contributed by atoms with Crippen LogP contribution in [0.5, 0.6) is 0 Å². The molecule has 0 radical (unpaired) electrons. The van der Waals surface area contributed by atoms with Gasteiger partial charge in [-0.25, -0.2) is 4.31 Å². The highest BCUT2D eigenvalue weighted by Gasteiger charge is 2.44. The molecule has 0 saturated carbocycles. The quantitative estimate of drug-likeness (QED) is 0.704. The summed E-state index contributed by atoms with van der Waals surface area (Å²) in [7, 11) is -5.60. The molecule has 1 aromatic rings. The Bertz CT molecular complexity index is 906. The first-order chi connectivity index (χ1) is 12.8. The summed E-state index contributed by atoms with van der Waals surface area (Å²) in [4.78, 5) is 0. The van der Waals surface area contributed by atoms with Gasteiger partial charge in [-0.05, 0) is 25.0 Å². The summed E-state index contributed by atoms with van der Waals surface area (Å²) < 4.78 is 62.2. The number of para-hydroxylation sites is 2. The molecule has 11 heteroatoms. The molecule has 27 heavy (non-hydrogen) atoms. The Morgan fingerprint density at radius 3 is 2.15 bits per heavy atom. The molecule has 9 nitrogen and oxygen atoms in total. The number of morpholine rings is 1. The van der Waals surface area contributed by atoms with E-state index >= 15 is 0 Å². The summed E-state index contributed by atoms with van der Waals surface area (Å²) in [5.41, 5.74) is 1.32. The molecule has 3 heterocycles. The average Bonchev–Trinajstić information content (AvgIpc) is 2.89. The Morgan fingerprint density at radius 1 is 0.963 bits per heavy atom. The first-order valence-electron chi connectivity index (χ1n) is 9.04. The van der Waals surface area contributed by atoms with Crippen molar-refractivity contribution in [2.24, 2.45) is 0 Å². The Kier molecular flexibility index (Phi) is 4.83. The molecule has 1 aromatic carbocycles. The van der Waals surface area contributed by atoms with Crippen LogP contribution in [0.1, 0.15) is 12.8 Å². The molecule has 0 aliphatic carbocycles. The first kappa shape index (κ1) is 18.9. The van der Waals surface area contributed by atoms with Crippen molar-refractivity contribution in [2.75, 3.05) is 55.1 Å². The topological polar surface area (TPSA) is 90.5 Å². The van der Waals surface area contributed by atoms with Gasteiger partial charge in [-0.1, -0.05) is 12.1 Å². The maximum absolute atomic E-state index is 12.9. The lowest BCUT2D eigenvalue weighted by Gasteiger charge is -2.38. The van der Waals surface area contributed by atoms with E-state index in [1.807, 2.05) is 12.1 Å². The molecule has 0 spiro atoms. The van der Waals surface area contributed by atoms with Crippen LogP contribution in [-0.2, 0) is 25.2 Å². The molecule has 2 fully saturated rings. The van der Waals surface area contributed by atoms with Gasteiger partial charge in [-0.2, -0.15) is 25.4 Å². The van der Waals surface area contributed by atoms with E-state index in [-0.39, 0.29) is 6.04 Å². The van der Waals surface area contributed by atoms with E-state index in [1.54, 1.807) is 19.2 Å². The standard InChI is InChI=1S/C16H24N4O5S2/c1-17-15-4-2-3-5-16(15)20(26(17,21)22)14-6-8-18(9-7-14)27(23,24)19-10-12-25-13-11-19/h2-5,14H,6-13H2,1H3. The molecule has 2 saturated heterocycles. The van der Waals surface area contributed by atoms with Gasteiger partial charge >= 0.3 is 10.2 Å². The maximum atomic E-state index is 12.9. The van der Waals surface area contributed by atoms with Gasteiger partial charge in [0.15, 0.2) is 0 Å². The average molecular weight is 417 g/mol. The van der Waals surface area contributed by atoms with Crippen LogP contribution >= 0.6 is 0 Å². The summed E-state index contributed by atoms with van der Waals surface area (Å²) in [6.45, 7) is 2.15. The number of anilines is 2. The molecular weight excluding hydrogens is 392 g/mol. The number of fused-ring (bicyclic) bond motifs is 1. The molecule has 0 bridgehead atoms. The van der Waals surface area contributed by atoms with Gasteiger partial charge in [0.2, 0.25) is 0 Å². The smallest absolute Gasteiger partial charge is 0.326 e. The van der Waals surface area contributed by atoms with Gasteiger partial charge in [0.05, 0.1) is 24.6 Å². The Morgan fingerprint density at radius 2 is 1.52 bits per heavy atom. The predicted molar refractivity (Wildman–Crippen MR) is 102 cm³/mol. The van der Waals surface area contributed by atoms with E-state index in [9.17, 15) is 16.8 Å². The van der Waals surface area contributed by atoms with Crippen molar-refractivity contribution >= 4 is 31.8 Å². The monoisotopic (exact) mass is 416 g/mol. The summed E-state index contributed by atoms with van der Waals surface area (Å²) in [5, 5.41) is 0. The van der Waals surface area contributed by atoms with Crippen LogP contribution in [0.25, 0.3) is 0 Å². The van der Waals surface area contributed by atoms with Crippen LogP contribution in [0, 0.1) is 0 Å². The van der Waals surface area contributed by atoms with Crippen LogP contribution in [-0.4, -0.2) is 77.9 Å². The van der Waals surface area contributed by atoms with Gasteiger partial charge in [-0.3, -0.25) is 4.31 Å². The minimum Gasteiger partial charge on any atom is -0.379 e. The molecule has 0 atom stereocenters. The van der Waals surface area contributed by atoms with E-state index in [0.717, 1.165) is 0 Å². The zero-order chi connectivity index (χ0) is 19.2. The van der Waals surface area contributed by atoms with Crippen molar-refractivity contribution in [1.29, 1.82) is 0 Å². The molecular formula is C16H24N4O5S2. The number of hydrogen-bond acceptors (Lipinski definition) is 5. The number of ether oxygens (including phenoxy) is 1. The summed E-state index contributed by atoms with van der Waals surface area (Å²) in [6.07, 6.45) is 0.927. The predicted octanol–water partition coefficient (Wildman–Crippen LogP) is 0.229. The normalized spacial score (nSPS) is 24.9. The van der Waals surface area contributed by atoms with E-state index in [2.05, 4.69) is 0 Å². The fraction of sp³-hybridized carbons (Fsp3) is 0.625. The van der Waals surface area contributed by atoms with E-state index in [4.69, 9.17) is 4.74 Å². The number of hydrogen-bond donors (Lipinski definition) is 0. The number of benzene rings is 1. The Hall–Kier alpha value is -1.40. The lowest BCUT2D eigenvalue weighted by molar-refractivity contribution is 0.0696. The second kappa shape index (κ2) is 6.89. The minimum absolute atomic E-state index is 0.253. The van der Waals surface area contributed by atoms with Crippen molar-refractivity contribution in [3.63, 3.8) is 0 Å². The SMILES string of the molecule is CN1c2ccccc2N(C2CCN(S(=O)(=O)N3CCOCC3)CC2)S1(=O)=O. The van der Waals surface area contributed by atoms with Gasteiger partial charge in [-0.15, -0.1) is 0 Å². The lowest BCUT2D eigenvalue weighted by Crippen LogP contribution is -2.54. The van der Waals surface area contributed by atoms with Crippen molar-refractivity contribution in [3.05, 3.63) is 24.3 Å². The molecule has 0 amide bonds. The summed E-state index contributed by atoms with van der Waals surface area (Å²) in [6, 6.07) is 6.96. The van der Waals surface area contributed by atoms with Crippen LogP contribution in [0.3, 0.4) is 0 Å². The van der Waals surface area contributed by atoms with Crippen molar-refractivity contribution in [2.45, 2.75) is 18.9 Å². The fourth-order valence-electron chi connectivity index (χ4n) is 3.93. The number of piperidine rings is 1. The van der Waals surface area contributed by atoms with Gasteiger partial charge in [0.25, 0.3) is 10.2 Å². The summed E-state index contributed by atoms with van der Waals surface area (Å²) in [5.74, 6) is 0. The minimum atomic E-state index is -3.63. The van der Waals surface area contributed by atoms with E-state index in [0.29, 0.717) is 63.6 Å². The molecule has 4 rings (SSSR count). The van der Waals surface area contributed by atoms with Gasteiger partial charge in [0.1, 0.15) is 0 Å². The Labute approximate surface area is 160 Å². The van der Waals surface area contributed by atoms with Gasteiger partial charge < -0.3 is 4.74 Å². The molecule has 3 aliphatic rings. The second-order valence-corrected chi connectivity index (χ2v) is 10.7. The third-order valence-electron chi connectivity index (χ3n) is 5.43. The van der Waals surface area contributed by atoms with Crippen molar-refractivity contribution < 1.29 is 21.6 Å². The largest absolute Gasteiger partial charge is 0.379 e. The van der Waals surface area contributed by atoms with E-state index in [1.165, 1.54) is 17.2 Å². The van der Waals surface area contributed by atoms with Crippen LogP contribution in [0.2, 0.25) is 0 Å². The third-order valence-corrected chi connectivity index (χ3v) is 9.35. The molecule has 0 aromatic heterocycles. The Balaban J connectivity index is 1.51. The van der Waals surface area contributed by atoms with Gasteiger partial charge in [0, 0.05) is 39.3 Å². The molecule has 150 valence electrons. The molecule has 3 aliphatic heterocycles. The number of nitrogens with zero attached hydrogens (tertiary/aromatic N) is 4. The second-order valence-electron chi connectivity index (χ2n) is 6.91. The van der Waals surface area contributed by atoms with Crippen LogP contribution < -0.4 is 8.61 Å². The number of rotatable bonds is 3. The zero-order valence-corrected chi connectivity index (χ0v) is 16.8. The highest BCUT2D eigenvalue weighted by molar-refractivity contribution is 7.94. The summed E-state index contributed by atoms with van der Waals surface area (Å²) >= 11 is 0. The first-order valence-corrected chi connectivity index (χ1v) is 11.8. The lowest BCUT2D eigenvalue weighted by atomic mass is 10.1. The fourth-order valence-corrected chi connectivity index (χ4v) is 7.20. The third kappa shape index (κ3) is 3.11. The zero-order valence-electron chi connectivity index (χ0n) is 15.2. The highest BCUT2D eigenvalue weighted by Crippen LogP contribution is 2.42. The van der Waals surface area contributed by atoms with Crippen molar-refractivity contribution in [3.8, 4) is 0 Å². The molecule has 0 N–H and O–H groups in total. The van der Waals surface area contributed by atoms with Crippen molar-refractivity contribution in [1.82, 2.24) is 8.61 Å². The highest BCUT2D eigenvalue weighted by atomic mass is 32.2.